The van der Waals surface area contributed by atoms with Crippen LogP contribution in [0.15, 0.2) is 47.4 Å². The molecule has 0 fully saturated rings. The molecule has 1 aliphatic heterocycles. The topological polar surface area (TPSA) is 37.4 Å². The Kier molecular flexibility index (Phi) is 3.63. The van der Waals surface area contributed by atoms with E-state index in [-0.39, 0.29) is 17.1 Å². The molecule has 0 saturated heterocycles. The average molecular weight is 326 g/mol. The van der Waals surface area contributed by atoms with Crippen molar-refractivity contribution in [2.24, 2.45) is 0 Å². The number of fused-ring (bicyclic) bond motifs is 1. The third-order valence-electron chi connectivity index (χ3n) is 3.53. The minimum Gasteiger partial charge on any atom is -0.263 e. The zero-order chi connectivity index (χ0) is 15.0. The Hall–Kier alpha value is -1.59. The SMILES string of the molecule is O=S(=O)(c1ccc(Cl)cc1)N1CCCc2cccc(F)c21. The maximum Gasteiger partial charge on any atom is 0.264 e. The van der Waals surface area contributed by atoms with E-state index in [4.69, 9.17) is 11.6 Å². The number of aryl methyl sites for hydroxylation is 1. The van der Waals surface area contributed by atoms with E-state index in [9.17, 15) is 12.8 Å². The summed E-state index contributed by atoms with van der Waals surface area (Å²) in [4.78, 5) is 0.114. The van der Waals surface area contributed by atoms with Gasteiger partial charge in [0.15, 0.2) is 0 Å². The van der Waals surface area contributed by atoms with Gasteiger partial charge < -0.3 is 0 Å². The van der Waals surface area contributed by atoms with Crippen molar-refractivity contribution in [2.75, 3.05) is 10.8 Å². The van der Waals surface area contributed by atoms with Gasteiger partial charge in [-0.15, -0.1) is 0 Å². The van der Waals surface area contributed by atoms with Crippen LogP contribution in [0.25, 0.3) is 0 Å². The quantitative estimate of drug-likeness (QED) is 0.845. The molecule has 0 unspecified atom stereocenters. The van der Waals surface area contributed by atoms with Gasteiger partial charge in [-0.1, -0.05) is 23.7 Å². The molecule has 0 atom stereocenters. The number of nitrogens with zero attached hydrogens (tertiary/aromatic N) is 1. The molecule has 1 heterocycles. The van der Waals surface area contributed by atoms with E-state index < -0.39 is 15.8 Å². The fourth-order valence-electron chi connectivity index (χ4n) is 2.54. The lowest BCUT2D eigenvalue weighted by Crippen LogP contribution is -2.36. The molecule has 110 valence electrons. The maximum atomic E-state index is 14.1. The van der Waals surface area contributed by atoms with Gasteiger partial charge in [0.05, 0.1) is 10.6 Å². The minimum absolute atomic E-state index is 0.114. The van der Waals surface area contributed by atoms with E-state index in [1.165, 1.54) is 30.3 Å². The van der Waals surface area contributed by atoms with E-state index in [1.807, 2.05) is 0 Å². The van der Waals surface area contributed by atoms with Crippen LogP contribution in [0.3, 0.4) is 0 Å². The number of sulfonamides is 1. The van der Waals surface area contributed by atoms with Crippen molar-refractivity contribution in [1.29, 1.82) is 0 Å². The molecular weight excluding hydrogens is 313 g/mol. The second-order valence-electron chi connectivity index (χ2n) is 4.88. The molecule has 2 aromatic carbocycles. The monoisotopic (exact) mass is 325 g/mol. The second kappa shape index (κ2) is 5.31. The molecule has 0 N–H and O–H groups in total. The Labute approximate surface area is 128 Å². The van der Waals surface area contributed by atoms with Crippen molar-refractivity contribution >= 4 is 27.3 Å². The van der Waals surface area contributed by atoms with Crippen LogP contribution in [-0.4, -0.2) is 15.0 Å². The Morgan fingerprint density at radius 1 is 1.10 bits per heavy atom. The van der Waals surface area contributed by atoms with Crippen LogP contribution in [0.2, 0.25) is 5.02 Å². The predicted octanol–water partition coefficient (Wildman–Crippen LogP) is 3.62. The number of para-hydroxylation sites is 1. The van der Waals surface area contributed by atoms with Gasteiger partial charge in [-0.3, -0.25) is 4.31 Å². The van der Waals surface area contributed by atoms with E-state index in [1.54, 1.807) is 12.1 Å². The van der Waals surface area contributed by atoms with E-state index >= 15 is 0 Å². The fraction of sp³-hybridized carbons (Fsp3) is 0.200. The molecule has 0 aliphatic carbocycles. The molecule has 0 saturated carbocycles. The first-order valence-corrected chi connectivity index (χ1v) is 8.37. The molecule has 0 spiro atoms. The van der Waals surface area contributed by atoms with E-state index in [0.29, 0.717) is 17.9 Å². The fourth-order valence-corrected chi connectivity index (χ4v) is 4.21. The van der Waals surface area contributed by atoms with Crippen molar-refractivity contribution in [3.05, 3.63) is 58.9 Å². The van der Waals surface area contributed by atoms with Gasteiger partial charge in [-0.05, 0) is 48.7 Å². The zero-order valence-corrected chi connectivity index (χ0v) is 12.7. The zero-order valence-electron chi connectivity index (χ0n) is 11.1. The summed E-state index contributed by atoms with van der Waals surface area (Å²) in [6.45, 7) is 0.277. The Morgan fingerprint density at radius 2 is 1.81 bits per heavy atom. The summed E-state index contributed by atoms with van der Waals surface area (Å²) >= 11 is 5.79. The molecule has 6 heteroatoms. The third-order valence-corrected chi connectivity index (χ3v) is 5.59. The summed E-state index contributed by atoms with van der Waals surface area (Å²) in [7, 11) is -3.78. The highest BCUT2D eigenvalue weighted by molar-refractivity contribution is 7.92. The number of halogens is 2. The molecule has 1 aliphatic rings. The van der Waals surface area contributed by atoms with Gasteiger partial charge in [-0.25, -0.2) is 12.8 Å². The predicted molar refractivity (Wildman–Crippen MR) is 80.7 cm³/mol. The molecule has 0 amide bonds. The van der Waals surface area contributed by atoms with Gasteiger partial charge in [0, 0.05) is 11.6 Å². The van der Waals surface area contributed by atoms with Crippen molar-refractivity contribution in [3.8, 4) is 0 Å². The normalized spacial score (nSPS) is 14.9. The van der Waals surface area contributed by atoms with Gasteiger partial charge in [0.25, 0.3) is 10.0 Å². The molecule has 0 aromatic heterocycles. The Balaban J connectivity index is 2.12. The summed E-state index contributed by atoms with van der Waals surface area (Å²) in [5, 5.41) is 0.458. The molecular formula is C15H13ClFNO2S. The summed E-state index contributed by atoms with van der Waals surface area (Å²) in [5.74, 6) is -0.510. The molecule has 0 radical (unpaired) electrons. The first-order chi connectivity index (χ1) is 10.00. The van der Waals surface area contributed by atoms with Gasteiger partial charge in [-0.2, -0.15) is 0 Å². The smallest absolute Gasteiger partial charge is 0.263 e. The van der Waals surface area contributed by atoms with Crippen LogP contribution in [0.5, 0.6) is 0 Å². The highest BCUT2D eigenvalue weighted by Crippen LogP contribution is 2.34. The van der Waals surface area contributed by atoms with Gasteiger partial charge in [0.2, 0.25) is 0 Å². The summed E-state index contributed by atoms with van der Waals surface area (Å²) < 4.78 is 40.7. The Bertz CT molecular complexity index is 775. The van der Waals surface area contributed by atoms with E-state index in [0.717, 1.165) is 9.87 Å². The summed E-state index contributed by atoms with van der Waals surface area (Å²) in [6, 6.07) is 10.6. The number of hydrogen-bond donors (Lipinski definition) is 0. The average Bonchev–Trinajstić information content (AvgIpc) is 2.47. The number of rotatable bonds is 2. The van der Waals surface area contributed by atoms with Crippen molar-refractivity contribution < 1.29 is 12.8 Å². The minimum atomic E-state index is -3.78. The highest BCUT2D eigenvalue weighted by atomic mass is 35.5. The van der Waals surface area contributed by atoms with Gasteiger partial charge in [0.1, 0.15) is 5.82 Å². The van der Waals surface area contributed by atoms with Crippen LogP contribution in [0, 0.1) is 5.82 Å². The lowest BCUT2D eigenvalue weighted by Gasteiger charge is -2.30. The molecule has 3 nitrogen and oxygen atoms in total. The standard InChI is InChI=1S/C15H13ClFNO2S/c16-12-6-8-13(9-7-12)21(19,20)18-10-2-4-11-3-1-5-14(17)15(11)18/h1,3,5-9H,2,4,10H2. The van der Waals surface area contributed by atoms with E-state index in [2.05, 4.69) is 0 Å². The lowest BCUT2D eigenvalue weighted by molar-refractivity contribution is 0.577. The molecule has 3 rings (SSSR count). The van der Waals surface area contributed by atoms with Crippen LogP contribution in [0.1, 0.15) is 12.0 Å². The maximum absolute atomic E-state index is 14.1. The lowest BCUT2D eigenvalue weighted by atomic mass is 10.0. The molecule has 21 heavy (non-hydrogen) atoms. The Morgan fingerprint density at radius 3 is 2.52 bits per heavy atom. The van der Waals surface area contributed by atoms with Crippen LogP contribution >= 0.6 is 11.6 Å². The first kappa shape index (κ1) is 14.4. The van der Waals surface area contributed by atoms with Crippen LogP contribution in [0.4, 0.5) is 10.1 Å². The van der Waals surface area contributed by atoms with Crippen LogP contribution < -0.4 is 4.31 Å². The summed E-state index contributed by atoms with van der Waals surface area (Å²) in [6.07, 6.45) is 1.35. The molecule has 0 bridgehead atoms. The van der Waals surface area contributed by atoms with Crippen molar-refractivity contribution in [2.45, 2.75) is 17.7 Å². The van der Waals surface area contributed by atoms with Crippen molar-refractivity contribution in [3.63, 3.8) is 0 Å². The first-order valence-electron chi connectivity index (χ1n) is 6.56. The number of anilines is 1. The number of hydrogen-bond acceptors (Lipinski definition) is 2. The van der Waals surface area contributed by atoms with Crippen molar-refractivity contribution in [1.82, 2.24) is 0 Å². The van der Waals surface area contributed by atoms with Crippen LogP contribution in [-0.2, 0) is 16.4 Å². The molecule has 2 aromatic rings. The third kappa shape index (κ3) is 2.51. The van der Waals surface area contributed by atoms with Gasteiger partial charge >= 0.3 is 0 Å². The number of benzene rings is 2. The highest BCUT2D eigenvalue weighted by Gasteiger charge is 2.31. The largest absolute Gasteiger partial charge is 0.264 e. The second-order valence-corrected chi connectivity index (χ2v) is 7.18. The summed E-state index contributed by atoms with van der Waals surface area (Å²) in [5.41, 5.74) is 0.887.